The lowest BCUT2D eigenvalue weighted by Gasteiger charge is -2.18. The van der Waals surface area contributed by atoms with Crippen molar-refractivity contribution in [3.63, 3.8) is 0 Å². The van der Waals surface area contributed by atoms with Gasteiger partial charge in [-0.2, -0.15) is 0 Å². The first-order valence-electron chi connectivity index (χ1n) is 6.05. The van der Waals surface area contributed by atoms with E-state index in [9.17, 15) is 4.79 Å². The summed E-state index contributed by atoms with van der Waals surface area (Å²) in [4.78, 5) is 10.7. The van der Waals surface area contributed by atoms with E-state index in [-0.39, 0.29) is 12.2 Å². The van der Waals surface area contributed by atoms with Crippen molar-refractivity contribution in [1.29, 1.82) is 0 Å². The summed E-state index contributed by atoms with van der Waals surface area (Å²) >= 11 is 0. The molecule has 0 bridgehead atoms. The van der Waals surface area contributed by atoms with Crippen LogP contribution in [0.15, 0.2) is 18.2 Å². The number of ether oxygens (including phenoxy) is 2. The lowest BCUT2D eigenvalue weighted by molar-refractivity contribution is -0.142. The number of para-hydroxylation sites is 1. The summed E-state index contributed by atoms with van der Waals surface area (Å²) in [5, 5.41) is 8.83. The molecule has 4 heteroatoms. The van der Waals surface area contributed by atoms with Gasteiger partial charge in [0.2, 0.25) is 0 Å². The van der Waals surface area contributed by atoms with Crippen LogP contribution in [0.3, 0.4) is 0 Å². The third kappa shape index (κ3) is 2.58. The molecule has 4 nitrogen and oxygen atoms in total. The highest BCUT2D eigenvalue weighted by atomic mass is 16.5. The van der Waals surface area contributed by atoms with Gasteiger partial charge in [-0.25, -0.2) is 0 Å². The minimum atomic E-state index is -0.858. The Labute approximate surface area is 107 Å². The second-order valence-corrected chi connectivity index (χ2v) is 5.33. The molecule has 0 saturated heterocycles. The van der Waals surface area contributed by atoms with E-state index in [1.165, 1.54) is 0 Å². The van der Waals surface area contributed by atoms with Gasteiger partial charge >= 0.3 is 5.97 Å². The Hall–Kier alpha value is -1.71. The minimum Gasteiger partial charge on any atom is -0.489 e. The molecule has 1 aromatic rings. The van der Waals surface area contributed by atoms with Gasteiger partial charge in [0, 0.05) is 12.0 Å². The molecule has 1 heterocycles. The van der Waals surface area contributed by atoms with E-state index in [1.807, 2.05) is 32.0 Å². The zero-order valence-electron chi connectivity index (χ0n) is 10.9. The van der Waals surface area contributed by atoms with Crippen LogP contribution in [-0.2, 0) is 11.2 Å². The molecule has 1 aliphatic heterocycles. The standard InChI is InChI=1S/C14H18O4/c1-9(13(15)16)8-17-11-6-4-5-10-7-14(2,3)18-12(10)11/h4-6,9H,7-8H2,1-3H3,(H,15,16). The van der Waals surface area contributed by atoms with Crippen LogP contribution in [0, 0.1) is 5.92 Å². The zero-order chi connectivity index (χ0) is 13.3. The van der Waals surface area contributed by atoms with Gasteiger partial charge in [-0.15, -0.1) is 0 Å². The third-order valence-corrected chi connectivity index (χ3v) is 2.97. The summed E-state index contributed by atoms with van der Waals surface area (Å²) in [6.07, 6.45) is 0.841. The van der Waals surface area contributed by atoms with Crippen molar-refractivity contribution in [2.45, 2.75) is 32.8 Å². The summed E-state index contributed by atoms with van der Waals surface area (Å²) in [5.74, 6) is -0.00893. The summed E-state index contributed by atoms with van der Waals surface area (Å²) in [6, 6.07) is 5.73. The van der Waals surface area contributed by atoms with Crippen LogP contribution >= 0.6 is 0 Å². The summed E-state index contributed by atoms with van der Waals surface area (Å²) in [7, 11) is 0. The SMILES string of the molecule is CC(COc1cccc2c1OC(C)(C)C2)C(=O)O. The van der Waals surface area contributed by atoms with Crippen molar-refractivity contribution in [3.8, 4) is 11.5 Å². The average Bonchev–Trinajstić information content (AvgIpc) is 2.59. The molecule has 0 spiro atoms. The Bertz CT molecular complexity index is 465. The molecule has 0 fully saturated rings. The van der Waals surface area contributed by atoms with Crippen LogP contribution in [-0.4, -0.2) is 23.3 Å². The molecular weight excluding hydrogens is 232 g/mol. The molecule has 1 aromatic carbocycles. The van der Waals surface area contributed by atoms with Crippen molar-refractivity contribution in [3.05, 3.63) is 23.8 Å². The van der Waals surface area contributed by atoms with Gasteiger partial charge in [-0.3, -0.25) is 4.79 Å². The van der Waals surface area contributed by atoms with Gasteiger partial charge in [0.15, 0.2) is 11.5 Å². The maximum atomic E-state index is 10.7. The number of rotatable bonds is 4. The summed E-state index contributed by atoms with van der Waals surface area (Å²) in [6.45, 7) is 5.82. The van der Waals surface area contributed by atoms with E-state index in [4.69, 9.17) is 14.6 Å². The highest BCUT2D eigenvalue weighted by molar-refractivity contribution is 5.69. The molecule has 1 unspecified atom stereocenters. The van der Waals surface area contributed by atoms with Gasteiger partial charge in [0.25, 0.3) is 0 Å². The quantitative estimate of drug-likeness (QED) is 0.892. The van der Waals surface area contributed by atoms with Gasteiger partial charge in [-0.1, -0.05) is 12.1 Å². The number of fused-ring (bicyclic) bond motifs is 1. The molecule has 0 aromatic heterocycles. The van der Waals surface area contributed by atoms with E-state index in [1.54, 1.807) is 6.92 Å². The van der Waals surface area contributed by atoms with E-state index in [0.717, 1.165) is 17.7 Å². The number of hydrogen-bond acceptors (Lipinski definition) is 3. The van der Waals surface area contributed by atoms with Gasteiger partial charge in [-0.05, 0) is 26.8 Å². The molecule has 2 rings (SSSR count). The van der Waals surface area contributed by atoms with Crippen LogP contribution in [0.5, 0.6) is 11.5 Å². The van der Waals surface area contributed by atoms with Crippen LogP contribution in [0.1, 0.15) is 26.3 Å². The number of carboxylic acid groups (broad SMARTS) is 1. The fourth-order valence-corrected chi connectivity index (χ4v) is 1.99. The monoisotopic (exact) mass is 250 g/mol. The average molecular weight is 250 g/mol. The molecule has 98 valence electrons. The molecule has 0 amide bonds. The molecule has 0 saturated carbocycles. The molecule has 1 N–H and O–H groups in total. The number of hydrogen-bond donors (Lipinski definition) is 1. The van der Waals surface area contributed by atoms with E-state index >= 15 is 0 Å². The topological polar surface area (TPSA) is 55.8 Å². The molecular formula is C14H18O4. The third-order valence-electron chi connectivity index (χ3n) is 2.97. The van der Waals surface area contributed by atoms with Crippen LogP contribution in [0.2, 0.25) is 0 Å². The van der Waals surface area contributed by atoms with Crippen molar-refractivity contribution in [2.24, 2.45) is 5.92 Å². The molecule has 0 aliphatic carbocycles. The first kappa shape index (κ1) is 12.7. The van der Waals surface area contributed by atoms with Gasteiger partial charge in [0.1, 0.15) is 12.2 Å². The molecule has 0 radical (unpaired) electrons. The smallest absolute Gasteiger partial charge is 0.309 e. The molecule has 1 aliphatic rings. The first-order chi connectivity index (χ1) is 8.39. The van der Waals surface area contributed by atoms with Crippen LogP contribution < -0.4 is 9.47 Å². The highest BCUT2D eigenvalue weighted by Gasteiger charge is 2.32. The van der Waals surface area contributed by atoms with Crippen molar-refractivity contribution in [2.75, 3.05) is 6.61 Å². The van der Waals surface area contributed by atoms with Crippen LogP contribution in [0.4, 0.5) is 0 Å². The van der Waals surface area contributed by atoms with E-state index in [2.05, 4.69) is 0 Å². The van der Waals surface area contributed by atoms with Crippen molar-refractivity contribution in [1.82, 2.24) is 0 Å². The second kappa shape index (κ2) is 4.52. The van der Waals surface area contributed by atoms with Gasteiger partial charge in [0.05, 0.1) is 5.92 Å². The Kier molecular flexibility index (Phi) is 3.20. The predicted molar refractivity (Wildman–Crippen MR) is 67.1 cm³/mol. The van der Waals surface area contributed by atoms with Gasteiger partial charge < -0.3 is 14.6 Å². The normalized spacial score (nSPS) is 17.7. The summed E-state index contributed by atoms with van der Waals surface area (Å²) in [5.41, 5.74) is 0.890. The molecule has 1 atom stereocenters. The lowest BCUT2D eigenvalue weighted by atomic mass is 10.0. The Morgan fingerprint density at radius 3 is 2.94 bits per heavy atom. The number of carboxylic acids is 1. The van der Waals surface area contributed by atoms with Crippen molar-refractivity contribution < 1.29 is 19.4 Å². The Morgan fingerprint density at radius 2 is 2.28 bits per heavy atom. The molecule has 18 heavy (non-hydrogen) atoms. The first-order valence-corrected chi connectivity index (χ1v) is 6.05. The second-order valence-electron chi connectivity index (χ2n) is 5.33. The fraction of sp³-hybridized carbons (Fsp3) is 0.500. The van der Waals surface area contributed by atoms with E-state index in [0.29, 0.717) is 5.75 Å². The zero-order valence-corrected chi connectivity index (χ0v) is 10.9. The Balaban J connectivity index is 2.12. The van der Waals surface area contributed by atoms with E-state index < -0.39 is 11.9 Å². The fourth-order valence-electron chi connectivity index (χ4n) is 1.99. The van der Waals surface area contributed by atoms with Crippen LogP contribution in [0.25, 0.3) is 0 Å². The maximum absolute atomic E-state index is 10.7. The number of benzene rings is 1. The number of aliphatic carboxylic acids is 1. The predicted octanol–water partition coefficient (Wildman–Crippen LogP) is 2.50. The lowest BCUT2D eigenvalue weighted by Crippen LogP contribution is -2.25. The van der Waals surface area contributed by atoms with Crippen molar-refractivity contribution >= 4 is 5.97 Å². The minimum absolute atomic E-state index is 0.148. The number of carbonyl (C=O) groups is 1. The largest absolute Gasteiger partial charge is 0.489 e. The highest BCUT2D eigenvalue weighted by Crippen LogP contribution is 2.41. The summed E-state index contributed by atoms with van der Waals surface area (Å²) < 4.78 is 11.4. The Morgan fingerprint density at radius 1 is 1.56 bits per heavy atom. The maximum Gasteiger partial charge on any atom is 0.309 e.